The van der Waals surface area contributed by atoms with Crippen molar-refractivity contribution in [2.45, 2.75) is 57.9 Å². The van der Waals surface area contributed by atoms with Crippen molar-refractivity contribution in [3.05, 3.63) is 21.9 Å². The average molecular weight is 307 g/mol. The zero-order chi connectivity index (χ0) is 15.0. The van der Waals surface area contributed by atoms with Crippen molar-refractivity contribution >= 4 is 11.3 Å². The topological polar surface area (TPSA) is 29.3 Å². The van der Waals surface area contributed by atoms with Crippen LogP contribution in [0.3, 0.4) is 0 Å². The summed E-state index contributed by atoms with van der Waals surface area (Å²) in [6.07, 6.45) is 5.71. The summed E-state index contributed by atoms with van der Waals surface area (Å²) in [6.45, 7) is 10.2. The molecule has 0 aliphatic heterocycles. The van der Waals surface area contributed by atoms with Crippen LogP contribution in [0.4, 0.5) is 0 Å². The van der Waals surface area contributed by atoms with E-state index in [2.05, 4.69) is 37.8 Å². The first-order valence-corrected chi connectivity index (χ1v) is 9.33. The smallest absolute Gasteiger partial charge is 0.0564 e. The highest BCUT2D eigenvalue weighted by Gasteiger charge is 2.33. The van der Waals surface area contributed by atoms with Gasteiger partial charge in [-0.1, -0.05) is 20.8 Å². The number of rotatable bonds is 7. The van der Waals surface area contributed by atoms with Gasteiger partial charge in [0, 0.05) is 29.4 Å². The van der Waals surface area contributed by atoms with Crippen molar-refractivity contribution in [2.24, 2.45) is 17.6 Å². The van der Waals surface area contributed by atoms with Crippen LogP contribution in [0, 0.1) is 11.8 Å². The third kappa shape index (κ3) is 4.08. The highest BCUT2D eigenvalue weighted by atomic mass is 32.1. The van der Waals surface area contributed by atoms with Gasteiger partial charge in [0.15, 0.2) is 0 Å². The first-order chi connectivity index (χ1) is 9.97. The molecule has 1 heterocycles. The normalized spacial score (nSPS) is 21.0. The van der Waals surface area contributed by atoms with Crippen LogP contribution >= 0.6 is 11.3 Å². The Balaban J connectivity index is 1.75. The second-order valence-corrected chi connectivity index (χ2v) is 9.16. The van der Waals surface area contributed by atoms with Crippen LogP contribution < -0.4 is 5.73 Å². The summed E-state index contributed by atoms with van der Waals surface area (Å²) >= 11 is 1.97. The van der Waals surface area contributed by atoms with Crippen molar-refractivity contribution in [2.75, 3.05) is 19.6 Å². The summed E-state index contributed by atoms with van der Waals surface area (Å²) in [4.78, 5) is 5.66. The van der Waals surface area contributed by atoms with Gasteiger partial charge < -0.3 is 5.73 Å². The summed E-state index contributed by atoms with van der Waals surface area (Å²) in [6, 6.07) is 5.08. The van der Waals surface area contributed by atoms with Gasteiger partial charge in [-0.05, 0) is 55.1 Å². The van der Waals surface area contributed by atoms with E-state index in [1.165, 1.54) is 48.5 Å². The van der Waals surface area contributed by atoms with Gasteiger partial charge in [-0.25, -0.2) is 0 Å². The Morgan fingerprint density at radius 1 is 1.14 bits per heavy atom. The van der Waals surface area contributed by atoms with Crippen molar-refractivity contribution in [1.82, 2.24) is 4.90 Å². The Hall–Kier alpha value is -0.380. The fourth-order valence-corrected chi connectivity index (χ4v) is 4.19. The minimum absolute atomic E-state index is 0.250. The van der Waals surface area contributed by atoms with Gasteiger partial charge in [-0.15, -0.1) is 11.3 Å². The molecule has 0 bridgehead atoms. The van der Waals surface area contributed by atoms with Crippen molar-refractivity contribution < 1.29 is 0 Å². The lowest BCUT2D eigenvalue weighted by Gasteiger charge is -2.30. The number of nitrogens with zero attached hydrogens (tertiary/aromatic N) is 1. The van der Waals surface area contributed by atoms with Gasteiger partial charge in [-0.3, -0.25) is 4.90 Å². The fraction of sp³-hybridized carbons (Fsp3) is 0.778. The Morgan fingerprint density at radius 2 is 1.71 bits per heavy atom. The molecule has 2 fully saturated rings. The lowest BCUT2D eigenvalue weighted by Crippen LogP contribution is -2.36. The van der Waals surface area contributed by atoms with Crippen LogP contribution in [0.2, 0.25) is 0 Å². The van der Waals surface area contributed by atoms with E-state index in [-0.39, 0.29) is 5.41 Å². The molecule has 1 unspecified atom stereocenters. The quantitative estimate of drug-likeness (QED) is 0.819. The summed E-state index contributed by atoms with van der Waals surface area (Å²) in [5.41, 5.74) is 6.43. The fourth-order valence-electron chi connectivity index (χ4n) is 2.97. The maximum atomic E-state index is 6.18. The SMILES string of the molecule is CC(C)(C)c1ccc(C(CN)N(CC2CC2)CC2CC2)s1. The molecule has 3 rings (SSSR count). The van der Waals surface area contributed by atoms with Gasteiger partial charge in [0.1, 0.15) is 0 Å². The summed E-state index contributed by atoms with van der Waals surface area (Å²) in [5.74, 6) is 1.89. The minimum Gasteiger partial charge on any atom is -0.329 e. The van der Waals surface area contributed by atoms with E-state index in [4.69, 9.17) is 5.73 Å². The molecule has 1 aromatic rings. The van der Waals surface area contributed by atoms with Gasteiger partial charge in [0.2, 0.25) is 0 Å². The van der Waals surface area contributed by atoms with Crippen molar-refractivity contribution in [3.63, 3.8) is 0 Å². The largest absolute Gasteiger partial charge is 0.329 e. The molecule has 2 nitrogen and oxygen atoms in total. The summed E-state index contributed by atoms with van der Waals surface area (Å²) < 4.78 is 0. The standard InChI is InChI=1S/C18H30N2S/c1-18(2,3)17-9-8-16(21-17)15(10-19)20(11-13-4-5-13)12-14-6-7-14/h8-9,13-15H,4-7,10-12,19H2,1-3H3. The minimum atomic E-state index is 0.250. The van der Waals surface area contributed by atoms with Crippen molar-refractivity contribution in [3.8, 4) is 0 Å². The van der Waals surface area contributed by atoms with E-state index in [0.717, 1.165) is 18.4 Å². The zero-order valence-corrected chi connectivity index (χ0v) is 14.6. The highest BCUT2D eigenvalue weighted by Crippen LogP contribution is 2.39. The van der Waals surface area contributed by atoms with Gasteiger partial charge in [-0.2, -0.15) is 0 Å². The van der Waals surface area contributed by atoms with Crippen LogP contribution in [-0.2, 0) is 5.41 Å². The molecule has 2 aliphatic rings. The zero-order valence-electron chi connectivity index (χ0n) is 13.8. The van der Waals surface area contributed by atoms with Gasteiger partial charge >= 0.3 is 0 Å². The Morgan fingerprint density at radius 3 is 2.10 bits per heavy atom. The Labute approximate surface area is 133 Å². The van der Waals surface area contributed by atoms with E-state index in [1.807, 2.05) is 11.3 Å². The first kappa shape index (κ1) is 15.5. The highest BCUT2D eigenvalue weighted by molar-refractivity contribution is 7.12. The second kappa shape index (κ2) is 6.02. The summed E-state index contributed by atoms with van der Waals surface area (Å²) in [5, 5.41) is 0. The van der Waals surface area contributed by atoms with Crippen LogP contribution in [0.15, 0.2) is 12.1 Å². The number of hydrogen-bond donors (Lipinski definition) is 1. The molecule has 2 aliphatic carbocycles. The predicted octanol–water partition coefficient (Wildman–Crippen LogP) is 4.17. The molecule has 118 valence electrons. The van der Waals surface area contributed by atoms with E-state index in [0.29, 0.717) is 6.04 Å². The lowest BCUT2D eigenvalue weighted by molar-refractivity contribution is 0.187. The van der Waals surface area contributed by atoms with E-state index in [9.17, 15) is 0 Å². The Bertz CT molecular complexity index is 452. The maximum absolute atomic E-state index is 6.18. The molecule has 0 radical (unpaired) electrons. The number of hydrogen-bond acceptors (Lipinski definition) is 3. The molecule has 1 atom stereocenters. The number of thiophene rings is 1. The molecule has 2 saturated carbocycles. The average Bonchev–Trinajstić information content (AvgIpc) is 3.32. The van der Waals surface area contributed by atoms with Crippen LogP contribution in [0.25, 0.3) is 0 Å². The molecule has 2 N–H and O–H groups in total. The van der Waals surface area contributed by atoms with E-state index in [1.54, 1.807) is 0 Å². The van der Waals surface area contributed by atoms with E-state index >= 15 is 0 Å². The van der Waals surface area contributed by atoms with Crippen LogP contribution in [-0.4, -0.2) is 24.5 Å². The van der Waals surface area contributed by atoms with Crippen LogP contribution in [0.1, 0.15) is 62.3 Å². The molecule has 0 saturated heterocycles. The van der Waals surface area contributed by atoms with E-state index < -0.39 is 0 Å². The molecule has 0 spiro atoms. The predicted molar refractivity (Wildman–Crippen MR) is 91.8 cm³/mol. The monoisotopic (exact) mass is 306 g/mol. The number of nitrogens with two attached hydrogens (primary N) is 1. The van der Waals surface area contributed by atoms with Crippen LogP contribution in [0.5, 0.6) is 0 Å². The third-order valence-electron chi connectivity index (χ3n) is 4.74. The molecule has 1 aromatic heterocycles. The molecule has 3 heteroatoms. The Kier molecular flexibility index (Phi) is 4.45. The maximum Gasteiger partial charge on any atom is 0.0564 e. The van der Waals surface area contributed by atoms with Gasteiger partial charge in [0.25, 0.3) is 0 Å². The molecular weight excluding hydrogens is 276 g/mol. The lowest BCUT2D eigenvalue weighted by atomic mass is 9.95. The molecule has 0 amide bonds. The summed E-state index contributed by atoms with van der Waals surface area (Å²) in [7, 11) is 0. The first-order valence-electron chi connectivity index (χ1n) is 8.51. The van der Waals surface area contributed by atoms with Crippen molar-refractivity contribution in [1.29, 1.82) is 0 Å². The molecule has 0 aromatic carbocycles. The third-order valence-corrected chi connectivity index (χ3v) is 6.35. The van der Waals surface area contributed by atoms with Gasteiger partial charge in [0.05, 0.1) is 6.04 Å². The molecule has 21 heavy (non-hydrogen) atoms. The molecular formula is C18H30N2S. The second-order valence-electron chi connectivity index (χ2n) is 8.04.